The Bertz CT molecular complexity index is 1150. The van der Waals surface area contributed by atoms with Crippen molar-refractivity contribution in [1.82, 2.24) is 4.98 Å². The second-order valence-electron chi connectivity index (χ2n) is 6.56. The quantitative estimate of drug-likeness (QED) is 0.347. The maximum Gasteiger partial charge on any atom is 0.248 e. The lowest BCUT2D eigenvalue weighted by molar-refractivity contribution is -0.113. The SMILES string of the molecule is NC(=O)/C=C/c1ccc(/C=C/c2cccc(C(N)=O)c2)nc1.NC(=O)c1ccc(N)cc1. The lowest BCUT2D eigenvalue weighted by Crippen LogP contribution is -2.10. The van der Waals surface area contributed by atoms with Gasteiger partial charge in [-0.05, 0) is 65.7 Å². The van der Waals surface area contributed by atoms with Crippen LogP contribution in [0.5, 0.6) is 0 Å². The Morgan fingerprint density at radius 3 is 1.97 bits per heavy atom. The van der Waals surface area contributed by atoms with Crippen LogP contribution >= 0.6 is 0 Å². The summed E-state index contributed by atoms with van der Waals surface area (Å²) in [6.07, 6.45) is 8.18. The van der Waals surface area contributed by atoms with Gasteiger partial charge in [0.25, 0.3) is 0 Å². The summed E-state index contributed by atoms with van der Waals surface area (Å²) in [5, 5.41) is 0. The van der Waals surface area contributed by atoms with Gasteiger partial charge in [-0.2, -0.15) is 0 Å². The van der Waals surface area contributed by atoms with Crippen molar-refractivity contribution in [3.63, 3.8) is 0 Å². The normalized spacial score (nSPS) is 10.5. The van der Waals surface area contributed by atoms with Crippen LogP contribution in [-0.4, -0.2) is 22.7 Å². The zero-order valence-electron chi connectivity index (χ0n) is 17.1. The van der Waals surface area contributed by atoms with Crippen molar-refractivity contribution >= 4 is 41.6 Å². The first kappa shape index (κ1) is 23.6. The summed E-state index contributed by atoms with van der Waals surface area (Å²) >= 11 is 0. The minimum Gasteiger partial charge on any atom is -0.399 e. The van der Waals surface area contributed by atoms with Crippen LogP contribution in [0.15, 0.2) is 72.9 Å². The Morgan fingerprint density at radius 1 is 0.719 bits per heavy atom. The summed E-state index contributed by atoms with van der Waals surface area (Å²) in [6.45, 7) is 0. The summed E-state index contributed by atoms with van der Waals surface area (Å²) in [4.78, 5) is 36.5. The number of benzene rings is 2. The van der Waals surface area contributed by atoms with E-state index in [2.05, 4.69) is 4.98 Å². The zero-order chi connectivity index (χ0) is 23.5. The Labute approximate surface area is 185 Å². The summed E-state index contributed by atoms with van der Waals surface area (Å²) in [6, 6.07) is 17.1. The van der Waals surface area contributed by atoms with Gasteiger partial charge < -0.3 is 22.9 Å². The minimum atomic E-state index is -0.502. The number of nitrogen functional groups attached to an aromatic ring is 1. The van der Waals surface area contributed by atoms with E-state index in [1.54, 1.807) is 54.7 Å². The molecule has 3 aromatic rings. The molecule has 0 saturated carbocycles. The van der Waals surface area contributed by atoms with Crippen molar-refractivity contribution in [2.45, 2.75) is 0 Å². The molecule has 0 spiro atoms. The van der Waals surface area contributed by atoms with Gasteiger partial charge >= 0.3 is 0 Å². The molecular weight excluding hydrogens is 406 g/mol. The Balaban J connectivity index is 0.000000303. The average molecular weight is 429 g/mol. The van der Waals surface area contributed by atoms with Crippen LogP contribution in [0.2, 0.25) is 0 Å². The molecule has 0 unspecified atom stereocenters. The lowest BCUT2D eigenvalue weighted by atomic mass is 10.1. The van der Waals surface area contributed by atoms with Gasteiger partial charge in [0.05, 0.1) is 5.69 Å². The highest BCUT2D eigenvalue weighted by molar-refractivity contribution is 5.94. The smallest absolute Gasteiger partial charge is 0.248 e. The first-order chi connectivity index (χ1) is 15.2. The Morgan fingerprint density at radius 2 is 1.41 bits per heavy atom. The molecule has 3 rings (SSSR count). The molecule has 0 aliphatic heterocycles. The molecule has 1 aromatic heterocycles. The van der Waals surface area contributed by atoms with Crippen LogP contribution in [-0.2, 0) is 4.79 Å². The van der Waals surface area contributed by atoms with Crippen LogP contribution in [0.4, 0.5) is 5.69 Å². The van der Waals surface area contributed by atoms with E-state index < -0.39 is 17.7 Å². The topological polar surface area (TPSA) is 168 Å². The number of nitrogens with zero attached hydrogens (tertiary/aromatic N) is 1. The molecular formula is C24H23N5O3. The van der Waals surface area contributed by atoms with Crippen molar-refractivity contribution in [2.75, 3.05) is 5.73 Å². The molecule has 0 aliphatic rings. The molecule has 32 heavy (non-hydrogen) atoms. The van der Waals surface area contributed by atoms with E-state index in [9.17, 15) is 14.4 Å². The van der Waals surface area contributed by atoms with Gasteiger partial charge in [0.15, 0.2) is 0 Å². The minimum absolute atomic E-state index is 0.431. The maximum atomic E-state index is 11.1. The van der Waals surface area contributed by atoms with E-state index in [4.69, 9.17) is 22.9 Å². The van der Waals surface area contributed by atoms with E-state index in [0.717, 1.165) is 16.8 Å². The van der Waals surface area contributed by atoms with Gasteiger partial charge in [-0.15, -0.1) is 0 Å². The molecule has 2 aromatic carbocycles. The second kappa shape index (κ2) is 11.5. The number of hydrogen-bond acceptors (Lipinski definition) is 5. The van der Waals surface area contributed by atoms with Crippen molar-refractivity contribution in [2.24, 2.45) is 17.2 Å². The van der Waals surface area contributed by atoms with Crippen molar-refractivity contribution in [3.05, 3.63) is 101 Å². The third kappa shape index (κ3) is 7.96. The molecule has 0 aliphatic carbocycles. The number of carbonyl (C=O) groups excluding carboxylic acids is 3. The standard InChI is InChI=1S/C17H15N3O2.C7H8N2O/c18-16(21)9-6-13-5-8-15(20-11-13)7-4-12-2-1-3-14(10-12)17(19)22;8-6-3-1-5(2-4-6)7(9)10/h1-11H,(H2,18,21)(H2,19,22);1-4H,8H2,(H2,9,10)/b7-4+,9-6+;. The molecule has 0 saturated heterocycles. The van der Waals surface area contributed by atoms with Crippen LogP contribution in [0.1, 0.15) is 37.5 Å². The predicted molar refractivity (Wildman–Crippen MR) is 126 cm³/mol. The van der Waals surface area contributed by atoms with Crippen LogP contribution in [0.25, 0.3) is 18.2 Å². The van der Waals surface area contributed by atoms with E-state index in [1.807, 2.05) is 30.4 Å². The van der Waals surface area contributed by atoms with E-state index in [1.165, 1.54) is 6.08 Å². The monoisotopic (exact) mass is 429 g/mol. The van der Waals surface area contributed by atoms with Crippen LogP contribution in [0.3, 0.4) is 0 Å². The Kier molecular flexibility index (Phi) is 8.44. The van der Waals surface area contributed by atoms with Gasteiger partial charge in [-0.25, -0.2) is 0 Å². The molecule has 3 amide bonds. The van der Waals surface area contributed by atoms with Gasteiger partial charge in [0.2, 0.25) is 17.7 Å². The number of pyridine rings is 1. The average Bonchev–Trinajstić information content (AvgIpc) is 2.78. The van der Waals surface area contributed by atoms with Crippen LogP contribution < -0.4 is 22.9 Å². The van der Waals surface area contributed by atoms with Gasteiger partial charge in [-0.1, -0.05) is 24.3 Å². The highest BCUT2D eigenvalue weighted by Gasteiger charge is 1.99. The number of aromatic nitrogens is 1. The number of primary amides is 3. The molecule has 8 nitrogen and oxygen atoms in total. The summed E-state index contributed by atoms with van der Waals surface area (Å²) in [5.41, 5.74) is 24.6. The van der Waals surface area contributed by atoms with Gasteiger partial charge in [0, 0.05) is 29.1 Å². The van der Waals surface area contributed by atoms with Crippen molar-refractivity contribution < 1.29 is 14.4 Å². The zero-order valence-corrected chi connectivity index (χ0v) is 17.1. The molecule has 0 bridgehead atoms. The van der Waals surface area contributed by atoms with E-state index in [-0.39, 0.29) is 0 Å². The fourth-order valence-electron chi connectivity index (χ4n) is 2.42. The highest BCUT2D eigenvalue weighted by Crippen LogP contribution is 2.10. The van der Waals surface area contributed by atoms with E-state index >= 15 is 0 Å². The number of amides is 3. The number of nitrogens with two attached hydrogens (primary N) is 4. The van der Waals surface area contributed by atoms with Crippen molar-refractivity contribution in [1.29, 1.82) is 0 Å². The number of hydrogen-bond donors (Lipinski definition) is 4. The molecule has 162 valence electrons. The molecule has 0 fully saturated rings. The largest absolute Gasteiger partial charge is 0.399 e. The van der Waals surface area contributed by atoms with Gasteiger partial charge in [-0.3, -0.25) is 19.4 Å². The molecule has 8 N–H and O–H groups in total. The van der Waals surface area contributed by atoms with E-state index in [0.29, 0.717) is 16.8 Å². The first-order valence-corrected chi connectivity index (χ1v) is 9.41. The third-order valence-corrected chi connectivity index (χ3v) is 4.06. The summed E-state index contributed by atoms with van der Waals surface area (Å²) in [5.74, 6) is -1.39. The molecule has 1 heterocycles. The molecule has 0 atom stereocenters. The number of carbonyl (C=O) groups is 3. The summed E-state index contributed by atoms with van der Waals surface area (Å²) < 4.78 is 0. The molecule has 8 heteroatoms. The van der Waals surface area contributed by atoms with Gasteiger partial charge in [0.1, 0.15) is 0 Å². The maximum absolute atomic E-state index is 11.1. The fourth-order valence-corrected chi connectivity index (χ4v) is 2.42. The number of anilines is 1. The second-order valence-corrected chi connectivity index (χ2v) is 6.56. The lowest BCUT2D eigenvalue weighted by Gasteiger charge is -1.98. The first-order valence-electron chi connectivity index (χ1n) is 9.41. The van der Waals surface area contributed by atoms with Crippen LogP contribution in [0, 0.1) is 0 Å². The Hall–Kier alpha value is -4.72. The van der Waals surface area contributed by atoms with Crippen molar-refractivity contribution in [3.8, 4) is 0 Å². The third-order valence-electron chi connectivity index (χ3n) is 4.06. The fraction of sp³-hybridized carbons (Fsp3) is 0. The number of rotatable bonds is 6. The summed E-state index contributed by atoms with van der Waals surface area (Å²) in [7, 11) is 0. The predicted octanol–water partition coefficient (Wildman–Crippen LogP) is 2.22. The molecule has 0 radical (unpaired) electrons. The highest BCUT2D eigenvalue weighted by atomic mass is 16.1.